The highest BCUT2D eigenvalue weighted by Crippen LogP contribution is 2.15. The molecule has 0 aliphatic carbocycles. The third-order valence-electron chi connectivity index (χ3n) is 3.94. The maximum atomic E-state index is 13.0. The Morgan fingerprint density at radius 2 is 1.84 bits per heavy atom. The third kappa shape index (κ3) is 4.06. The molecule has 1 N–H and O–H groups in total. The van der Waals surface area contributed by atoms with E-state index >= 15 is 0 Å². The molecule has 128 valence electrons. The van der Waals surface area contributed by atoms with E-state index in [4.69, 9.17) is 11.6 Å². The van der Waals surface area contributed by atoms with Crippen LogP contribution in [-0.4, -0.2) is 22.2 Å². The van der Waals surface area contributed by atoms with Crippen molar-refractivity contribution < 1.29 is 9.18 Å². The van der Waals surface area contributed by atoms with Gasteiger partial charge >= 0.3 is 0 Å². The summed E-state index contributed by atoms with van der Waals surface area (Å²) in [6, 6.07) is 13.5. The quantitative estimate of drug-likeness (QED) is 0.751. The maximum Gasteiger partial charge on any atom is 0.254 e. The second-order valence-corrected chi connectivity index (χ2v) is 6.10. The Bertz CT molecular complexity index is 873. The first-order chi connectivity index (χ1) is 12.0. The van der Waals surface area contributed by atoms with Crippen molar-refractivity contribution in [2.24, 2.45) is 0 Å². The summed E-state index contributed by atoms with van der Waals surface area (Å²) in [6.07, 6.45) is 2.24. The molecule has 0 fully saturated rings. The van der Waals surface area contributed by atoms with Crippen LogP contribution in [0, 0.1) is 12.7 Å². The lowest BCUT2D eigenvalue weighted by Crippen LogP contribution is -2.26. The maximum absolute atomic E-state index is 13.0. The van der Waals surface area contributed by atoms with Crippen LogP contribution < -0.4 is 5.32 Å². The monoisotopic (exact) mass is 357 g/mol. The average Bonchev–Trinajstić information content (AvgIpc) is 2.99. The van der Waals surface area contributed by atoms with E-state index in [1.807, 2.05) is 31.2 Å². The van der Waals surface area contributed by atoms with Crippen LogP contribution in [0.5, 0.6) is 0 Å². The van der Waals surface area contributed by atoms with Gasteiger partial charge in [-0.05, 0) is 55.3 Å². The second kappa shape index (κ2) is 7.49. The fourth-order valence-corrected chi connectivity index (χ4v) is 2.67. The molecule has 0 aliphatic rings. The number of carbonyl (C=O) groups is 1. The van der Waals surface area contributed by atoms with Crippen molar-refractivity contribution in [1.29, 1.82) is 0 Å². The van der Waals surface area contributed by atoms with Crippen LogP contribution in [-0.2, 0) is 6.42 Å². The van der Waals surface area contributed by atoms with Gasteiger partial charge in [0.15, 0.2) is 0 Å². The van der Waals surface area contributed by atoms with Gasteiger partial charge in [-0.25, -0.2) is 9.07 Å². The zero-order chi connectivity index (χ0) is 17.8. The highest BCUT2D eigenvalue weighted by atomic mass is 35.5. The number of hydrogen-bond donors (Lipinski definition) is 1. The number of nitrogens with one attached hydrogen (secondary N) is 1. The van der Waals surface area contributed by atoms with Crippen LogP contribution >= 0.6 is 11.6 Å². The summed E-state index contributed by atoms with van der Waals surface area (Å²) in [5, 5.41) is 7.81. The summed E-state index contributed by atoms with van der Waals surface area (Å²) >= 11 is 5.86. The van der Waals surface area contributed by atoms with Crippen molar-refractivity contribution in [3.05, 3.63) is 82.4 Å². The molecule has 0 saturated heterocycles. The van der Waals surface area contributed by atoms with Crippen molar-refractivity contribution in [1.82, 2.24) is 15.1 Å². The Labute approximate surface area is 150 Å². The van der Waals surface area contributed by atoms with Gasteiger partial charge in [0.05, 0.1) is 23.1 Å². The van der Waals surface area contributed by atoms with Crippen molar-refractivity contribution in [3.63, 3.8) is 0 Å². The molecule has 6 heteroatoms. The van der Waals surface area contributed by atoms with Crippen molar-refractivity contribution in [3.8, 4) is 5.69 Å². The standard InChI is InChI=1S/C19H17ClFN3O/c1-13-18(12-23-24(13)17-8-6-16(21)7-9-17)19(25)22-11-10-14-2-4-15(20)5-3-14/h2-9,12H,10-11H2,1H3,(H,22,25). The van der Waals surface area contributed by atoms with Gasteiger partial charge in [-0.15, -0.1) is 0 Å². The zero-order valence-electron chi connectivity index (χ0n) is 13.7. The SMILES string of the molecule is Cc1c(C(=O)NCCc2ccc(Cl)cc2)cnn1-c1ccc(F)cc1. The van der Waals surface area contributed by atoms with Gasteiger partial charge in [-0.1, -0.05) is 23.7 Å². The van der Waals surface area contributed by atoms with E-state index in [-0.39, 0.29) is 11.7 Å². The van der Waals surface area contributed by atoms with Gasteiger partial charge in [0.1, 0.15) is 5.82 Å². The topological polar surface area (TPSA) is 46.9 Å². The van der Waals surface area contributed by atoms with Crippen LogP contribution in [0.1, 0.15) is 21.6 Å². The predicted molar refractivity (Wildman–Crippen MR) is 95.7 cm³/mol. The third-order valence-corrected chi connectivity index (χ3v) is 4.19. The minimum Gasteiger partial charge on any atom is -0.352 e. The van der Waals surface area contributed by atoms with Crippen LogP contribution in [0.25, 0.3) is 5.69 Å². The van der Waals surface area contributed by atoms with E-state index in [9.17, 15) is 9.18 Å². The Morgan fingerprint density at radius 1 is 1.16 bits per heavy atom. The summed E-state index contributed by atoms with van der Waals surface area (Å²) in [6.45, 7) is 2.33. The number of benzene rings is 2. The molecular weight excluding hydrogens is 341 g/mol. The molecule has 25 heavy (non-hydrogen) atoms. The van der Waals surface area contributed by atoms with Crippen LogP contribution in [0.3, 0.4) is 0 Å². The molecule has 0 spiro atoms. The Kier molecular flexibility index (Phi) is 5.14. The van der Waals surface area contributed by atoms with E-state index < -0.39 is 0 Å². The van der Waals surface area contributed by atoms with Gasteiger partial charge in [-0.3, -0.25) is 4.79 Å². The van der Waals surface area contributed by atoms with Gasteiger partial charge in [-0.2, -0.15) is 5.10 Å². The summed E-state index contributed by atoms with van der Waals surface area (Å²) in [4.78, 5) is 12.4. The van der Waals surface area contributed by atoms with Crippen LogP contribution in [0.15, 0.2) is 54.7 Å². The van der Waals surface area contributed by atoms with E-state index in [1.54, 1.807) is 16.8 Å². The summed E-state index contributed by atoms with van der Waals surface area (Å²) < 4.78 is 14.7. The number of nitrogens with zero attached hydrogens (tertiary/aromatic N) is 2. The first-order valence-electron chi connectivity index (χ1n) is 7.88. The van der Waals surface area contributed by atoms with E-state index in [1.165, 1.54) is 18.3 Å². The number of aromatic nitrogens is 2. The Morgan fingerprint density at radius 3 is 2.52 bits per heavy atom. The van der Waals surface area contributed by atoms with Crippen molar-refractivity contribution >= 4 is 17.5 Å². The van der Waals surface area contributed by atoms with Gasteiger partial charge < -0.3 is 5.32 Å². The summed E-state index contributed by atoms with van der Waals surface area (Å²) in [7, 11) is 0. The largest absolute Gasteiger partial charge is 0.352 e. The molecule has 1 amide bonds. The summed E-state index contributed by atoms with van der Waals surface area (Å²) in [5.41, 5.74) is 3.01. The molecule has 2 aromatic carbocycles. The van der Waals surface area contributed by atoms with E-state index in [0.29, 0.717) is 34.9 Å². The molecule has 3 rings (SSSR count). The molecule has 0 radical (unpaired) electrons. The van der Waals surface area contributed by atoms with Crippen molar-refractivity contribution in [2.75, 3.05) is 6.54 Å². The lowest BCUT2D eigenvalue weighted by Gasteiger charge is -2.07. The minimum absolute atomic E-state index is 0.181. The predicted octanol–water partition coefficient (Wildman–Crippen LogP) is 3.95. The lowest BCUT2D eigenvalue weighted by atomic mass is 10.1. The Balaban J connectivity index is 1.64. The number of amides is 1. The fourth-order valence-electron chi connectivity index (χ4n) is 2.54. The number of hydrogen-bond acceptors (Lipinski definition) is 2. The molecule has 0 unspecified atom stereocenters. The molecular formula is C19H17ClFN3O. The molecule has 0 bridgehead atoms. The molecule has 0 atom stereocenters. The summed E-state index contributed by atoms with van der Waals surface area (Å²) in [5.74, 6) is -0.492. The second-order valence-electron chi connectivity index (χ2n) is 5.66. The molecule has 1 heterocycles. The lowest BCUT2D eigenvalue weighted by molar-refractivity contribution is 0.0953. The Hall–Kier alpha value is -2.66. The smallest absolute Gasteiger partial charge is 0.254 e. The first kappa shape index (κ1) is 17.2. The minimum atomic E-state index is -0.311. The average molecular weight is 358 g/mol. The molecule has 3 aromatic rings. The number of halogens is 2. The van der Waals surface area contributed by atoms with Crippen molar-refractivity contribution in [2.45, 2.75) is 13.3 Å². The first-order valence-corrected chi connectivity index (χ1v) is 8.25. The van der Waals surface area contributed by atoms with E-state index in [0.717, 1.165) is 5.56 Å². The van der Waals surface area contributed by atoms with E-state index in [2.05, 4.69) is 10.4 Å². The van der Waals surface area contributed by atoms with Crippen LogP contribution in [0.2, 0.25) is 5.02 Å². The highest BCUT2D eigenvalue weighted by Gasteiger charge is 2.14. The van der Waals surface area contributed by atoms with Gasteiger partial charge in [0, 0.05) is 11.6 Å². The highest BCUT2D eigenvalue weighted by molar-refractivity contribution is 6.30. The van der Waals surface area contributed by atoms with Gasteiger partial charge in [0.25, 0.3) is 5.91 Å². The normalized spacial score (nSPS) is 10.7. The molecule has 0 aliphatic heterocycles. The number of carbonyl (C=O) groups excluding carboxylic acids is 1. The fraction of sp³-hybridized carbons (Fsp3) is 0.158. The number of rotatable bonds is 5. The molecule has 1 aromatic heterocycles. The molecule has 4 nitrogen and oxygen atoms in total. The zero-order valence-corrected chi connectivity index (χ0v) is 14.4. The van der Waals surface area contributed by atoms with Gasteiger partial charge in [0.2, 0.25) is 0 Å². The van der Waals surface area contributed by atoms with Crippen LogP contribution in [0.4, 0.5) is 4.39 Å². The molecule has 0 saturated carbocycles.